The van der Waals surface area contributed by atoms with Crippen molar-refractivity contribution in [1.29, 1.82) is 5.26 Å². The van der Waals surface area contributed by atoms with Gasteiger partial charge in [-0.2, -0.15) is 10.2 Å². The first kappa shape index (κ1) is 11.9. The van der Waals surface area contributed by atoms with Crippen LogP contribution in [0.15, 0.2) is 36.7 Å². The highest BCUT2D eigenvalue weighted by Gasteiger charge is 2.13. The molecular weight excluding hydrogens is 252 g/mol. The van der Waals surface area contributed by atoms with Gasteiger partial charge in [0, 0.05) is 23.3 Å². The molecule has 6 heteroatoms. The van der Waals surface area contributed by atoms with Crippen molar-refractivity contribution in [1.82, 2.24) is 15.0 Å². The molecule has 0 atom stereocenters. The van der Waals surface area contributed by atoms with E-state index in [0.717, 1.165) is 16.3 Å². The number of hydrogen-bond donors (Lipinski definition) is 2. The summed E-state index contributed by atoms with van der Waals surface area (Å²) in [6.45, 7) is 0. The number of fused-ring (bicyclic) bond motifs is 1. The lowest BCUT2D eigenvalue weighted by molar-refractivity contribution is 1.18. The third kappa shape index (κ3) is 1.87. The summed E-state index contributed by atoms with van der Waals surface area (Å²) in [6, 6.07) is 9.62. The fourth-order valence-electron chi connectivity index (χ4n) is 2.05. The normalized spacial score (nSPS) is 10.3. The number of anilines is 2. The molecule has 0 aliphatic heterocycles. The Labute approximate surface area is 114 Å². The molecule has 0 bridgehead atoms. The summed E-state index contributed by atoms with van der Waals surface area (Å²) >= 11 is 0. The first-order chi connectivity index (χ1) is 9.69. The Morgan fingerprint density at radius 1 is 1.05 bits per heavy atom. The van der Waals surface area contributed by atoms with Crippen molar-refractivity contribution < 1.29 is 0 Å². The monoisotopic (exact) mass is 262 g/mol. The van der Waals surface area contributed by atoms with Crippen LogP contribution in [0.5, 0.6) is 0 Å². The number of hydrogen-bond acceptors (Lipinski definition) is 6. The first-order valence-electron chi connectivity index (χ1n) is 5.86. The standard InChI is InChI=1S/C14H10N6/c15-6-11-12(19-14(17)20-13(11)16)9-2-1-8-3-4-18-7-10(8)5-9/h1-5,7H,(H4,16,17,19,20). The molecule has 0 saturated heterocycles. The van der Waals surface area contributed by atoms with E-state index in [4.69, 9.17) is 11.5 Å². The Hall–Kier alpha value is -3.20. The van der Waals surface area contributed by atoms with Gasteiger partial charge in [-0.1, -0.05) is 12.1 Å². The summed E-state index contributed by atoms with van der Waals surface area (Å²) < 4.78 is 0. The quantitative estimate of drug-likeness (QED) is 0.690. The third-order valence-electron chi connectivity index (χ3n) is 2.98. The van der Waals surface area contributed by atoms with E-state index in [-0.39, 0.29) is 17.3 Å². The van der Waals surface area contributed by atoms with Gasteiger partial charge >= 0.3 is 0 Å². The molecule has 0 amide bonds. The summed E-state index contributed by atoms with van der Waals surface area (Å²) in [5.74, 6) is 0.129. The molecule has 6 nitrogen and oxygen atoms in total. The minimum absolute atomic E-state index is 0.0442. The van der Waals surface area contributed by atoms with Crippen LogP contribution in [0.3, 0.4) is 0 Å². The summed E-state index contributed by atoms with van der Waals surface area (Å²) in [6.07, 6.45) is 3.47. The van der Waals surface area contributed by atoms with E-state index in [0.29, 0.717) is 5.69 Å². The van der Waals surface area contributed by atoms with Crippen molar-refractivity contribution in [3.63, 3.8) is 0 Å². The molecule has 0 spiro atoms. The maximum Gasteiger partial charge on any atom is 0.222 e. The van der Waals surface area contributed by atoms with Gasteiger partial charge in [0.15, 0.2) is 0 Å². The number of nitrogens with two attached hydrogens (primary N) is 2. The zero-order valence-electron chi connectivity index (χ0n) is 10.4. The van der Waals surface area contributed by atoms with Crippen LogP contribution in [0.4, 0.5) is 11.8 Å². The molecule has 20 heavy (non-hydrogen) atoms. The van der Waals surface area contributed by atoms with E-state index in [1.807, 2.05) is 30.3 Å². The molecule has 0 fully saturated rings. The Kier molecular flexibility index (Phi) is 2.66. The minimum Gasteiger partial charge on any atom is -0.382 e. The van der Waals surface area contributed by atoms with E-state index in [1.165, 1.54) is 0 Å². The van der Waals surface area contributed by atoms with Gasteiger partial charge in [-0.05, 0) is 17.5 Å². The maximum atomic E-state index is 9.20. The third-order valence-corrected chi connectivity index (χ3v) is 2.98. The zero-order valence-corrected chi connectivity index (χ0v) is 10.4. The molecule has 0 aliphatic carbocycles. The molecular formula is C14H10N6. The van der Waals surface area contributed by atoms with Gasteiger partial charge in [-0.3, -0.25) is 4.98 Å². The van der Waals surface area contributed by atoms with Crippen LogP contribution in [0.2, 0.25) is 0 Å². The fourth-order valence-corrected chi connectivity index (χ4v) is 2.05. The predicted molar refractivity (Wildman–Crippen MR) is 76.3 cm³/mol. The Balaban J connectivity index is 2.28. The van der Waals surface area contributed by atoms with E-state index < -0.39 is 0 Å². The number of aromatic nitrogens is 3. The molecule has 0 unspecified atom stereocenters. The van der Waals surface area contributed by atoms with Crippen molar-refractivity contribution in [2.24, 2.45) is 0 Å². The van der Waals surface area contributed by atoms with Crippen molar-refractivity contribution in [3.8, 4) is 17.3 Å². The number of nitrogens with zero attached hydrogens (tertiary/aromatic N) is 4. The van der Waals surface area contributed by atoms with Crippen LogP contribution in [-0.2, 0) is 0 Å². The second-order valence-electron chi connectivity index (χ2n) is 4.24. The molecule has 0 radical (unpaired) electrons. The van der Waals surface area contributed by atoms with Crippen molar-refractivity contribution in [2.75, 3.05) is 11.5 Å². The lowest BCUT2D eigenvalue weighted by Gasteiger charge is -2.07. The Morgan fingerprint density at radius 3 is 2.70 bits per heavy atom. The molecule has 1 aromatic carbocycles. The van der Waals surface area contributed by atoms with E-state index in [1.54, 1.807) is 12.4 Å². The topological polar surface area (TPSA) is 114 Å². The van der Waals surface area contributed by atoms with Crippen LogP contribution in [0.1, 0.15) is 5.56 Å². The van der Waals surface area contributed by atoms with Crippen LogP contribution in [0.25, 0.3) is 22.0 Å². The van der Waals surface area contributed by atoms with E-state index in [2.05, 4.69) is 15.0 Å². The molecule has 4 N–H and O–H groups in total. The van der Waals surface area contributed by atoms with Crippen LogP contribution >= 0.6 is 0 Å². The average Bonchev–Trinajstić information content (AvgIpc) is 2.46. The van der Waals surface area contributed by atoms with Gasteiger partial charge in [-0.25, -0.2) is 4.98 Å². The molecule has 96 valence electrons. The minimum atomic E-state index is 0.0442. The molecule has 2 heterocycles. The molecule has 2 aromatic heterocycles. The summed E-state index contributed by atoms with van der Waals surface area (Å²) in [5.41, 5.74) is 12.7. The zero-order chi connectivity index (χ0) is 14.1. The highest BCUT2D eigenvalue weighted by molar-refractivity contribution is 5.87. The van der Waals surface area contributed by atoms with Crippen LogP contribution in [-0.4, -0.2) is 15.0 Å². The number of nitriles is 1. The number of pyridine rings is 1. The molecule has 3 aromatic rings. The number of nitrogen functional groups attached to an aromatic ring is 2. The highest BCUT2D eigenvalue weighted by atomic mass is 15.0. The first-order valence-corrected chi connectivity index (χ1v) is 5.86. The van der Waals surface area contributed by atoms with Crippen molar-refractivity contribution in [2.45, 2.75) is 0 Å². The summed E-state index contributed by atoms with van der Waals surface area (Å²) in [4.78, 5) is 12.0. The van der Waals surface area contributed by atoms with Gasteiger partial charge in [-0.15, -0.1) is 0 Å². The molecule has 0 aliphatic rings. The van der Waals surface area contributed by atoms with Gasteiger partial charge in [0.25, 0.3) is 0 Å². The second-order valence-corrected chi connectivity index (χ2v) is 4.24. The highest BCUT2D eigenvalue weighted by Crippen LogP contribution is 2.27. The number of benzene rings is 1. The van der Waals surface area contributed by atoms with E-state index >= 15 is 0 Å². The lowest BCUT2D eigenvalue weighted by Crippen LogP contribution is -2.04. The summed E-state index contributed by atoms with van der Waals surface area (Å²) in [5, 5.41) is 11.2. The van der Waals surface area contributed by atoms with Crippen molar-refractivity contribution in [3.05, 3.63) is 42.2 Å². The van der Waals surface area contributed by atoms with Crippen LogP contribution in [0, 0.1) is 11.3 Å². The number of rotatable bonds is 1. The SMILES string of the molecule is N#Cc1c(N)nc(N)nc1-c1ccc2ccncc2c1. The van der Waals surface area contributed by atoms with Gasteiger partial charge in [0.1, 0.15) is 17.5 Å². The van der Waals surface area contributed by atoms with E-state index in [9.17, 15) is 5.26 Å². The largest absolute Gasteiger partial charge is 0.382 e. The van der Waals surface area contributed by atoms with Gasteiger partial charge < -0.3 is 11.5 Å². The van der Waals surface area contributed by atoms with Gasteiger partial charge in [0.05, 0.1) is 5.69 Å². The Morgan fingerprint density at radius 2 is 1.90 bits per heavy atom. The van der Waals surface area contributed by atoms with Crippen LogP contribution < -0.4 is 11.5 Å². The fraction of sp³-hybridized carbons (Fsp3) is 0. The van der Waals surface area contributed by atoms with Gasteiger partial charge in [0.2, 0.25) is 5.95 Å². The second kappa shape index (κ2) is 4.48. The average molecular weight is 262 g/mol. The molecule has 0 saturated carbocycles. The Bertz CT molecular complexity index is 850. The smallest absolute Gasteiger partial charge is 0.222 e. The molecule has 3 rings (SSSR count). The summed E-state index contributed by atoms with van der Waals surface area (Å²) in [7, 11) is 0. The lowest BCUT2D eigenvalue weighted by atomic mass is 10.0. The van der Waals surface area contributed by atoms with Crippen molar-refractivity contribution >= 4 is 22.5 Å². The predicted octanol–water partition coefficient (Wildman–Crippen LogP) is 1.73. The maximum absolute atomic E-state index is 9.20.